The van der Waals surface area contributed by atoms with E-state index >= 15 is 0 Å². The van der Waals surface area contributed by atoms with Crippen molar-refractivity contribution in [1.29, 1.82) is 0 Å². The lowest BCUT2D eigenvalue weighted by atomic mass is 10.0. The van der Waals surface area contributed by atoms with Gasteiger partial charge >= 0.3 is 0 Å². The molecule has 1 amide bonds. The highest BCUT2D eigenvalue weighted by Crippen LogP contribution is 2.13. The molecule has 0 aliphatic heterocycles. The smallest absolute Gasteiger partial charge is 0.294 e. The van der Waals surface area contributed by atoms with Crippen LogP contribution in [0.1, 0.15) is 89.8 Å². The van der Waals surface area contributed by atoms with E-state index in [2.05, 4.69) is 55.2 Å². The Morgan fingerprint density at radius 2 is 1.70 bits per heavy atom. The van der Waals surface area contributed by atoms with Crippen molar-refractivity contribution in [2.75, 3.05) is 6.61 Å². The highest BCUT2D eigenvalue weighted by atomic mass is 16.9. The number of hydrogen-bond acceptors (Lipinski definition) is 5. The van der Waals surface area contributed by atoms with Gasteiger partial charge in [-0.05, 0) is 80.7 Å². The molecular formula is C33H50N2O5. The van der Waals surface area contributed by atoms with Crippen molar-refractivity contribution in [1.82, 2.24) is 5.32 Å². The van der Waals surface area contributed by atoms with E-state index in [4.69, 9.17) is 4.74 Å². The summed E-state index contributed by atoms with van der Waals surface area (Å²) in [5.74, 6) is 1.73. The number of aryl methyl sites for hydroxylation is 1. The predicted octanol–water partition coefficient (Wildman–Crippen LogP) is 8.54. The molecule has 7 heteroatoms. The fraction of sp³-hybridized carbons (Fsp3) is 0.485. The minimum absolute atomic E-state index is 0.0280. The van der Waals surface area contributed by atoms with Crippen LogP contribution in [0.4, 0.5) is 0 Å². The Kier molecular flexibility index (Phi) is 22.2. The Morgan fingerprint density at radius 1 is 1.02 bits per heavy atom. The summed E-state index contributed by atoms with van der Waals surface area (Å²) < 4.78 is 5.68. The summed E-state index contributed by atoms with van der Waals surface area (Å²) in [4.78, 5) is 25.9. The quantitative estimate of drug-likeness (QED) is 0.0971. The fourth-order valence-corrected chi connectivity index (χ4v) is 3.52. The van der Waals surface area contributed by atoms with Crippen molar-refractivity contribution < 1.29 is 19.5 Å². The lowest BCUT2D eigenvalue weighted by Gasteiger charge is -2.06. The molecule has 2 rings (SSSR count). The Labute approximate surface area is 241 Å². The maximum atomic E-state index is 11.6. The molecule has 1 N–H and O–H groups in total. The molecule has 222 valence electrons. The standard InChI is InChI=1S/C16H24O.C15H20N2O4.C2H6/c1-4-15(5-2)10-6-7-12-17-16-11-8-9-14(3)13-16;1-2-3-4-5-6-15(18)16-11-13-7-9-14(10-8-13)12-21-17(19)20;1-2/h6,8-11,13,15H,4-5,7,12H2,1-3H3;2-3,7-10H,4-6,11-12H2,1H3,(H,16,18);1-2H3/b10-6+;3-2-;. The first-order valence-electron chi connectivity index (χ1n) is 14.5. The van der Waals surface area contributed by atoms with Gasteiger partial charge in [0.05, 0.1) is 6.61 Å². The molecule has 0 aliphatic carbocycles. The van der Waals surface area contributed by atoms with Crippen molar-refractivity contribution in [2.24, 2.45) is 5.92 Å². The van der Waals surface area contributed by atoms with Gasteiger partial charge in [0.15, 0.2) is 0 Å². The van der Waals surface area contributed by atoms with Crippen molar-refractivity contribution in [3.8, 4) is 5.75 Å². The van der Waals surface area contributed by atoms with Crippen LogP contribution in [0.25, 0.3) is 0 Å². The topological polar surface area (TPSA) is 90.7 Å². The molecule has 0 spiro atoms. The summed E-state index contributed by atoms with van der Waals surface area (Å²) in [6, 6.07) is 15.3. The van der Waals surface area contributed by atoms with Crippen LogP contribution in [0.2, 0.25) is 0 Å². The van der Waals surface area contributed by atoms with Crippen molar-refractivity contribution in [3.05, 3.63) is 99.6 Å². The molecule has 0 heterocycles. The van der Waals surface area contributed by atoms with Gasteiger partial charge in [-0.2, -0.15) is 0 Å². The number of amides is 1. The molecule has 0 fully saturated rings. The molecule has 0 bridgehead atoms. The minimum Gasteiger partial charge on any atom is -0.493 e. The number of rotatable bonds is 16. The lowest BCUT2D eigenvalue weighted by molar-refractivity contribution is -0.763. The number of hydrogen-bond donors (Lipinski definition) is 1. The summed E-state index contributed by atoms with van der Waals surface area (Å²) >= 11 is 0. The van der Waals surface area contributed by atoms with Crippen LogP contribution in [0.3, 0.4) is 0 Å². The summed E-state index contributed by atoms with van der Waals surface area (Å²) in [6.07, 6.45) is 14.3. The number of benzene rings is 2. The van der Waals surface area contributed by atoms with E-state index in [9.17, 15) is 14.9 Å². The Balaban J connectivity index is 0.000000730. The second kappa shape index (κ2) is 24.4. The molecule has 2 aromatic rings. The number of ether oxygens (including phenoxy) is 1. The zero-order valence-electron chi connectivity index (χ0n) is 25.4. The molecule has 40 heavy (non-hydrogen) atoms. The summed E-state index contributed by atoms with van der Waals surface area (Å²) in [7, 11) is 0. The first-order chi connectivity index (χ1) is 19.4. The number of nitrogens with one attached hydrogen (secondary N) is 1. The Morgan fingerprint density at radius 3 is 2.30 bits per heavy atom. The second-order valence-electron chi connectivity index (χ2n) is 9.01. The van der Waals surface area contributed by atoms with E-state index in [-0.39, 0.29) is 12.5 Å². The molecule has 0 atom stereocenters. The third-order valence-electron chi connectivity index (χ3n) is 5.86. The number of allylic oxidation sites excluding steroid dienone is 3. The van der Waals surface area contributed by atoms with E-state index in [0.29, 0.717) is 18.5 Å². The Bertz CT molecular complexity index is 983. The van der Waals surface area contributed by atoms with Gasteiger partial charge in [-0.15, -0.1) is 10.1 Å². The van der Waals surface area contributed by atoms with E-state index in [0.717, 1.165) is 43.1 Å². The van der Waals surface area contributed by atoms with Crippen LogP contribution in [-0.2, 0) is 22.8 Å². The van der Waals surface area contributed by atoms with E-state index in [1.807, 2.05) is 57.2 Å². The van der Waals surface area contributed by atoms with Crippen LogP contribution in [0, 0.1) is 23.0 Å². The average molecular weight is 555 g/mol. The average Bonchev–Trinajstić information content (AvgIpc) is 2.97. The molecule has 2 aromatic carbocycles. The highest BCUT2D eigenvalue weighted by molar-refractivity contribution is 5.75. The van der Waals surface area contributed by atoms with Crippen LogP contribution < -0.4 is 10.1 Å². The minimum atomic E-state index is -0.818. The van der Waals surface area contributed by atoms with Gasteiger partial charge in [0.25, 0.3) is 5.09 Å². The zero-order chi connectivity index (χ0) is 30.0. The van der Waals surface area contributed by atoms with Gasteiger partial charge in [0, 0.05) is 13.0 Å². The van der Waals surface area contributed by atoms with Gasteiger partial charge in [0.2, 0.25) is 5.91 Å². The number of nitrogens with zero attached hydrogens (tertiary/aromatic N) is 1. The number of carbonyl (C=O) groups excluding carboxylic acids is 1. The number of unbranched alkanes of at least 4 members (excludes halogenated alkanes) is 1. The van der Waals surface area contributed by atoms with Crippen LogP contribution >= 0.6 is 0 Å². The summed E-state index contributed by atoms with van der Waals surface area (Å²) in [6.45, 7) is 13.7. The summed E-state index contributed by atoms with van der Waals surface area (Å²) in [5, 5.41) is 12.1. The molecule has 0 saturated carbocycles. The predicted molar refractivity (Wildman–Crippen MR) is 165 cm³/mol. The van der Waals surface area contributed by atoms with Crippen LogP contribution in [0.15, 0.2) is 72.8 Å². The van der Waals surface area contributed by atoms with Crippen LogP contribution in [0.5, 0.6) is 5.75 Å². The molecule has 0 aromatic heterocycles. The van der Waals surface area contributed by atoms with Gasteiger partial charge in [-0.3, -0.25) is 4.79 Å². The van der Waals surface area contributed by atoms with E-state index < -0.39 is 5.09 Å². The number of carbonyl (C=O) groups is 1. The van der Waals surface area contributed by atoms with Gasteiger partial charge < -0.3 is 14.9 Å². The molecule has 0 unspecified atom stereocenters. The first-order valence-corrected chi connectivity index (χ1v) is 14.5. The van der Waals surface area contributed by atoms with Crippen molar-refractivity contribution in [3.63, 3.8) is 0 Å². The Hall–Kier alpha value is -3.61. The highest BCUT2D eigenvalue weighted by Gasteiger charge is 2.02. The van der Waals surface area contributed by atoms with E-state index in [1.165, 1.54) is 18.4 Å². The van der Waals surface area contributed by atoms with Crippen molar-refractivity contribution >= 4 is 5.91 Å². The zero-order valence-corrected chi connectivity index (χ0v) is 25.4. The normalized spacial score (nSPS) is 10.5. The maximum Gasteiger partial charge on any atom is 0.294 e. The first kappa shape index (κ1) is 36.4. The second-order valence-corrected chi connectivity index (χ2v) is 9.01. The largest absolute Gasteiger partial charge is 0.493 e. The summed E-state index contributed by atoms with van der Waals surface area (Å²) in [5.41, 5.74) is 2.91. The lowest BCUT2D eigenvalue weighted by Crippen LogP contribution is -2.22. The van der Waals surface area contributed by atoms with Gasteiger partial charge in [-0.25, -0.2) is 0 Å². The molecule has 0 radical (unpaired) electrons. The molecule has 7 nitrogen and oxygen atoms in total. The molecule has 0 aliphatic rings. The van der Waals surface area contributed by atoms with E-state index in [1.54, 1.807) is 12.1 Å². The maximum absolute atomic E-state index is 11.6. The monoisotopic (exact) mass is 554 g/mol. The van der Waals surface area contributed by atoms with Gasteiger partial charge in [-0.1, -0.05) is 88.4 Å². The molecule has 0 saturated heterocycles. The SMILES string of the molecule is C/C=C\CCCC(=O)NCc1ccc(CO[N+](=O)[O-])cc1.CC.CCC(/C=C/CCOc1cccc(C)c1)CC. The third-order valence-corrected chi connectivity index (χ3v) is 5.86. The molecular weight excluding hydrogens is 504 g/mol. The fourth-order valence-electron chi connectivity index (χ4n) is 3.52. The van der Waals surface area contributed by atoms with Gasteiger partial charge in [0.1, 0.15) is 12.4 Å². The van der Waals surface area contributed by atoms with Crippen LogP contribution in [-0.4, -0.2) is 17.6 Å². The van der Waals surface area contributed by atoms with Crippen molar-refractivity contribution in [2.45, 2.75) is 93.2 Å². The third kappa shape index (κ3) is 19.5.